The molecule has 2 rings (SSSR count). The summed E-state index contributed by atoms with van der Waals surface area (Å²) < 4.78 is 41.0. The molecule has 0 saturated carbocycles. The number of anilines is 1. The lowest BCUT2D eigenvalue weighted by molar-refractivity contribution is -0.116. The number of amides is 1. The van der Waals surface area contributed by atoms with Gasteiger partial charge in [-0.15, -0.1) is 0 Å². The van der Waals surface area contributed by atoms with Gasteiger partial charge in [-0.25, -0.2) is 12.8 Å². The highest BCUT2D eigenvalue weighted by Crippen LogP contribution is 2.23. The lowest BCUT2D eigenvalue weighted by Gasteiger charge is -2.11. The highest BCUT2D eigenvalue weighted by atomic mass is 32.2. The third-order valence-corrected chi connectivity index (χ3v) is 4.92. The second-order valence-electron chi connectivity index (χ2n) is 5.68. The van der Waals surface area contributed by atoms with Gasteiger partial charge in [-0.1, -0.05) is 17.7 Å². The first kappa shape index (κ1) is 20.1. The molecule has 140 valence electrons. The number of carbonyl (C=O) groups is 1. The van der Waals surface area contributed by atoms with E-state index in [1.165, 1.54) is 30.4 Å². The first-order chi connectivity index (χ1) is 12.8. The van der Waals surface area contributed by atoms with E-state index in [-0.39, 0.29) is 23.5 Å². The quantitative estimate of drug-likeness (QED) is 0.563. The Morgan fingerprint density at radius 2 is 1.93 bits per heavy atom. The minimum Gasteiger partial charge on any atom is -0.352 e. The third-order valence-electron chi connectivity index (χ3n) is 3.54. The fraction of sp³-hybridized carbons (Fsp3) is 0.158. The van der Waals surface area contributed by atoms with Gasteiger partial charge in [-0.05, 0) is 48.9 Å². The van der Waals surface area contributed by atoms with Gasteiger partial charge in [0, 0.05) is 12.6 Å². The SMILES string of the molecule is Cc1ccc(S(=O)(=O)Nc2cc(F)ccc2/C=C/C(=O)NCCC#N)cc1. The molecule has 0 radical (unpaired) electrons. The minimum atomic E-state index is -3.91. The summed E-state index contributed by atoms with van der Waals surface area (Å²) >= 11 is 0. The average Bonchev–Trinajstić information content (AvgIpc) is 2.61. The lowest BCUT2D eigenvalue weighted by Crippen LogP contribution is -2.21. The molecule has 2 N–H and O–H groups in total. The standard InChI is InChI=1S/C19H18FN3O3S/c1-14-3-8-17(9-4-14)27(25,26)23-18-13-16(20)7-5-15(18)6-10-19(24)22-12-2-11-21/h3-10,13,23H,2,12H2,1H3,(H,22,24)/b10-6+. The molecule has 2 aromatic carbocycles. The van der Waals surface area contributed by atoms with Gasteiger partial charge < -0.3 is 5.32 Å². The largest absolute Gasteiger partial charge is 0.352 e. The van der Waals surface area contributed by atoms with Crippen LogP contribution in [0.1, 0.15) is 17.5 Å². The predicted molar refractivity (Wildman–Crippen MR) is 101 cm³/mol. The minimum absolute atomic E-state index is 0.0108. The maximum atomic E-state index is 13.6. The molecular formula is C19H18FN3O3S. The molecule has 0 spiro atoms. The van der Waals surface area contributed by atoms with Crippen LogP contribution in [0.3, 0.4) is 0 Å². The summed E-state index contributed by atoms with van der Waals surface area (Å²) in [6, 6.07) is 11.7. The zero-order valence-electron chi connectivity index (χ0n) is 14.6. The Morgan fingerprint density at radius 1 is 1.22 bits per heavy atom. The van der Waals surface area contributed by atoms with E-state index in [1.54, 1.807) is 12.1 Å². The summed E-state index contributed by atoms with van der Waals surface area (Å²) in [7, 11) is -3.91. The monoisotopic (exact) mass is 387 g/mol. The molecule has 0 heterocycles. The van der Waals surface area contributed by atoms with E-state index in [0.29, 0.717) is 5.56 Å². The van der Waals surface area contributed by atoms with E-state index < -0.39 is 21.7 Å². The van der Waals surface area contributed by atoms with Crippen molar-refractivity contribution in [3.63, 3.8) is 0 Å². The first-order valence-corrected chi connectivity index (χ1v) is 9.52. The molecular weight excluding hydrogens is 369 g/mol. The topological polar surface area (TPSA) is 99.1 Å². The van der Waals surface area contributed by atoms with Crippen molar-refractivity contribution in [1.82, 2.24) is 5.32 Å². The molecule has 2 aromatic rings. The van der Waals surface area contributed by atoms with Crippen LogP contribution in [0.2, 0.25) is 0 Å². The molecule has 0 fully saturated rings. The first-order valence-electron chi connectivity index (χ1n) is 8.04. The summed E-state index contributed by atoms with van der Waals surface area (Å²) in [5.74, 6) is -1.06. The number of benzene rings is 2. The Morgan fingerprint density at radius 3 is 2.59 bits per heavy atom. The van der Waals surface area contributed by atoms with Crippen LogP contribution in [0, 0.1) is 24.1 Å². The molecule has 0 aliphatic rings. The van der Waals surface area contributed by atoms with Crippen LogP contribution < -0.4 is 10.0 Å². The molecule has 0 bridgehead atoms. The van der Waals surface area contributed by atoms with E-state index in [9.17, 15) is 17.6 Å². The van der Waals surface area contributed by atoms with Crippen molar-refractivity contribution < 1.29 is 17.6 Å². The van der Waals surface area contributed by atoms with E-state index in [2.05, 4.69) is 10.0 Å². The summed E-state index contributed by atoms with van der Waals surface area (Å²) in [5, 5.41) is 10.9. The number of hydrogen-bond acceptors (Lipinski definition) is 4. The van der Waals surface area contributed by atoms with Crippen molar-refractivity contribution in [1.29, 1.82) is 5.26 Å². The van der Waals surface area contributed by atoms with Crippen LogP contribution in [0.25, 0.3) is 6.08 Å². The molecule has 0 saturated heterocycles. The van der Waals surface area contributed by atoms with Crippen molar-refractivity contribution in [2.24, 2.45) is 0 Å². The fourth-order valence-electron chi connectivity index (χ4n) is 2.15. The zero-order valence-corrected chi connectivity index (χ0v) is 15.4. The van der Waals surface area contributed by atoms with Crippen molar-refractivity contribution in [3.05, 3.63) is 65.5 Å². The van der Waals surface area contributed by atoms with Crippen molar-refractivity contribution in [2.45, 2.75) is 18.2 Å². The Bertz CT molecular complexity index is 994. The third kappa shape index (κ3) is 5.94. The molecule has 8 heteroatoms. The molecule has 6 nitrogen and oxygen atoms in total. The van der Waals surface area contributed by atoms with Crippen molar-refractivity contribution >= 4 is 27.7 Å². The number of hydrogen-bond donors (Lipinski definition) is 2. The highest BCUT2D eigenvalue weighted by molar-refractivity contribution is 7.92. The Kier molecular flexibility index (Phi) is 6.68. The van der Waals surface area contributed by atoms with Gasteiger partial charge in [-0.2, -0.15) is 5.26 Å². The van der Waals surface area contributed by atoms with Crippen LogP contribution in [0.4, 0.5) is 10.1 Å². The van der Waals surface area contributed by atoms with Crippen LogP contribution in [-0.2, 0) is 14.8 Å². The number of nitrogens with one attached hydrogen (secondary N) is 2. The van der Waals surface area contributed by atoms with Crippen LogP contribution in [-0.4, -0.2) is 20.9 Å². The Labute approximate surface area is 157 Å². The zero-order chi connectivity index (χ0) is 19.9. The molecule has 0 atom stereocenters. The van der Waals surface area contributed by atoms with Gasteiger partial charge in [0.15, 0.2) is 0 Å². The number of halogens is 1. The number of sulfonamides is 1. The molecule has 1 amide bonds. The van der Waals surface area contributed by atoms with Crippen molar-refractivity contribution in [3.8, 4) is 6.07 Å². The van der Waals surface area contributed by atoms with E-state index in [0.717, 1.165) is 17.7 Å². The number of carbonyl (C=O) groups excluding carboxylic acids is 1. The smallest absolute Gasteiger partial charge is 0.261 e. The highest BCUT2D eigenvalue weighted by Gasteiger charge is 2.16. The molecule has 0 aliphatic heterocycles. The Hall–Kier alpha value is -3.18. The predicted octanol–water partition coefficient (Wildman–Crippen LogP) is 2.98. The second-order valence-corrected chi connectivity index (χ2v) is 7.37. The van der Waals surface area contributed by atoms with Gasteiger partial charge in [0.1, 0.15) is 5.82 Å². The van der Waals surface area contributed by atoms with E-state index in [1.807, 2.05) is 13.0 Å². The molecule has 0 aromatic heterocycles. The van der Waals surface area contributed by atoms with Crippen LogP contribution >= 0.6 is 0 Å². The number of rotatable bonds is 7. The number of nitrogens with zero attached hydrogens (tertiary/aromatic N) is 1. The molecule has 27 heavy (non-hydrogen) atoms. The van der Waals surface area contributed by atoms with Gasteiger partial charge in [0.2, 0.25) is 5.91 Å². The maximum Gasteiger partial charge on any atom is 0.261 e. The summed E-state index contributed by atoms with van der Waals surface area (Å²) in [6.07, 6.45) is 2.74. The second kappa shape index (κ2) is 8.96. The fourth-order valence-corrected chi connectivity index (χ4v) is 3.23. The van der Waals surface area contributed by atoms with Gasteiger partial charge in [0.25, 0.3) is 10.0 Å². The molecule has 0 aliphatic carbocycles. The maximum absolute atomic E-state index is 13.6. The average molecular weight is 387 g/mol. The summed E-state index contributed by atoms with van der Waals surface area (Å²) in [5.41, 5.74) is 1.24. The normalized spacial score (nSPS) is 11.1. The Balaban J connectivity index is 2.24. The number of aryl methyl sites for hydroxylation is 1. The van der Waals surface area contributed by atoms with Crippen molar-refractivity contribution in [2.75, 3.05) is 11.3 Å². The summed E-state index contributed by atoms with van der Waals surface area (Å²) in [4.78, 5) is 11.7. The van der Waals surface area contributed by atoms with Gasteiger partial charge in [-0.3, -0.25) is 9.52 Å². The summed E-state index contributed by atoms with van der Waals surface area (Å²) in [6.45, 7) is 2.04. The van der Waals surface area contributed by atoms with E-state index >= 15 is 0 Å². The molecule has 0 unspecified atom stereocenters. The van der Waals surface area contributed by atoms with Gasteiger partial charge in [0.05, 0.1) is 23.1 Å². The van der Waals surface area contributed by atoms with Crippen LogP contribution in [0.15, 0.2) is 53.4 Å². The van der Waals surface area contributed by atoms with Gasteiger partial charge >= 0.3 is 0 Å². The number of nitriles is 1. The lowest BCUT2D eigenvalue weighted by atomic mass is 10.1. The van der Waals surface area contributed by atoms with Crippen LogP contribution in [0.5, 0.6) is 0 Å². The van der Waals surface area contributed by atoms with E-state index in [4.69, 9.17) is 5.26 Å².